The Labute approximate surface area is 247 Å². The van der Waals surface area contributed by atoms with Crippen LogP contribution in [0.15, 0.2) is 76.5 Å². The third kappa shape index (κ3) is 8.79. The molecular formula is C27H26N6O8S2. The summed E-state index contributed by atoms with van der Waals surface area (Å²) in [6, 6.07) is 17.2. The Hall–Kier alpha value is -4.90. The largest absolute Gasteiger partial charge is 0.481 e. The van der Waals surface area contributed by atoms with Crippen molar-refractivity contribution in [3.63, 3.8) is 0 Å². The van der Waals surface area contributed by atoms with Crippen molar-refractivity contribution < 1.29 is 35.8 Å². The molecule has 0 atom stereocenters. The Balaban J connectivity index is 1.67. The van der Waals surface area contributed by atoms with Crippen LogP contribution in [0.1, 0.15) is 23.1 Å². The van der Waals surface area contributed by atoms with E-state index in [1.807, 2.05) is 6.07 Å². The Bertz CT molecular complexity index is 1900. The number of anilines is 5. The monoisotopic (exact) mass is 626 g/mol. The molecule has 0 saturated carbocycles. The Morgan fingerprint density at radius 1 is 0.744 bits per heavy atom. The van der Waals surface area contributed by atoms with Gasteiger partial charge in [0, 0.05) is 17.9 Å². The maximum Gasteiger partial charge on any atom is 0.305 e. The van der Waals surface area contributed by atoms with Crippen LogP contribution in [0.25, 0.3) is 12.2 Å². The highest BCUT2D eigenvalue weighted by atomic mass is 32.2. The van der Waals surface area contributed by atoms with E-state index in [9.17, 15) is 30.7 Å². The molecule has 43 heavy (non-hydrogen) atoms. The zero-order valence-electron chi connectivity index (χ0n) is 22.5. The van der Waals surface area contributed by atoms with Gasteiger partial charge in [-0.15, -0.1) is 0 Å². The topological polar surface area (TPSA) is 221 Å². The minimum absolute atomic E-state index is 0.0213. The fourth-order valence-electron chi connectivity index (χ4n) is 3.78. The Morgan fingerprint density at radius 2 is 1.28 bits per heavy atom. The number of para-hydroxylation sites is 1. The van der Waals surface area contributed by atoms with Gasteiger partial charge < -0.3 is 21.1 Å². The van der Waals surface area contributed by atoms with E-state index in [4.69, 9.17) is 5.11 Å². The number of carboxylic acids is 1. The van der Waals surface area contributed by atoms with E-state index >= 15 is 0 Å². The Morgan fingerprint density at radius 3 is 1.86 bits per heavy atom. The molecule has 0 fully saturated rings. The van der Waals surface area contributed by atoms with Crippen LogP contribution in [-0.2, 0) is 25.0 Å². The minimum atomic E-state index is -4.77. The fourth-order valence-corrected chi connectivity index (χ4v) is 5.26. The molecule has 0 aliphatic carbocycles. The molecule has 1 aromatic heterocycles. The Kier molecular flexibility index (Phi) is 9.35. The van der Waals surface area contributed by atoms with Crippen molar-refractivity contribution in [3.05, 3.63) is 83.4 Å². The number of nitrogens with zero attached hydrogens (tertiary/aromatic N) is 3. The van der Waals surface area contributed by atoms with Gasteiger partial charge in [0.25, 0.3) is 20.2 Å². The number of rotatable bonds is 12. The zero-order valence-corrected chi connectivity index (χ0v) is 24.1. The molecule has 1 heterocycles. The summed E-state index contributed by atoms with van der Waals surface area (Å²) in [4.78, 5) is 22.8. The number of nitrogens with one attached hydrogen (secondary N) is 3. The normalized spacial score (nSPS) is 11.8. The van der Waals surface area contributed by atoms with Gasteiger partial charge in [-0.2, -0.15) is 31.8 Å². The van der Waals surface area contributed by atoms with E-state index in [2.05, 4.69) is 30.9 Å². The van der Waals surface area contributed by atoms with Gasteiger partial charge in [0.2, 0.25) is 17.8 Å². The number of carbonyl (C=O) groups is 1. The first kappa shape index (κ1) is 31.0. The first-order valence-corrected chi connectivity index (χ1v) is 15.3. The second-order valence-electron chi connectivity index (χ2n) is 9.07. The number of hydrogen-bond donors (Lipinski definition) is 6. The van der Waals surface area contributed by atoms with Crippen LogP contribution in [0.4, 0.5) is 29.2 Å². The molecule has 224 valence electrons. The molecule has 0 radical (unpaired) electrons. The molecule has 0 spiro atoms. The average Bonchev–Trinajstić information content (AvgIpc) is 2.92. The summed E-state index contributed by atoms with van der Waals surface area (Å²) in [6.45, 7) is 1.67. The number of benzene rings is 3. The van der Waals surface area contributed by atoms with Crippen LogP contribution < -0.4 is 16.0 Å². The van der Waals surface area contributed by atoms with Crippen LogP contribution in [0.2, 0.25) is 0 Å². The van der Waals surface area contributed by atoms with E-state index in [1.54, 1.807) is 37.3 Å². The van der Waals surface area contributed by atoms with Gasteiger partial charge in [0.15, 0.2) is 0 Å². The molecule has 0 aliphatic heterocycles. The lowest BCUT2D eigenvalue weighted by molar-refractivity contribution is -0.136. The SMILES string of the molecule is Cc1ccc(C=Cc2ccc(Nc3nc(NCCC(=O)O)nc(Nc4ccccc4)n3)cc2S(=O)(=O)O)c(S(=O)(=O)O)c1. The van der Waals surface area contributed by atoms with Gasteiger partial charge >= 0.3 is 5.97 Å². The molecular weight excluding hydrogens is 600 g/mol. The second kappa shape index (κ2) is 13.0. The lowest BCUT2D eigenvalue weighted by Crippen LogP contribution is -2.13. The molecule has 4 rings (SSSR count). The van der Waals surface area contributed by atoms with Crippen LogP contribution in [0, 0.1) is 6.92 Å². The van der Waals surface area contributed by atoms with Gasteiger partial charge in [0.1, 0.15) is 9.79 Å². The van der Waals surface area contributed by atoms with E-state index < -0.39 is 31.1 Å². The average molecular weight is 627 g/mol. The molecule has 4 aromatic rings. The summed E-state index contributed by atoms with van der Waals surface area (Å²) >= 11 is 0. The second-order valence-corrected chi connectivity index (χ2v) is 11.9. The number of carboxylic acid groups (broad SMARTS) is 1. The molecule has 3 aromatic carbocycles. The van der Waals surface area contributed by atoms with E-state index in [1.165, 1.54) is 36.4 Å². The first-order chi connectivity index (χ1) is 20.3. The van der Waals surface area contributed by atoms with E-state index in [0.717, 1.165) is 6.07 Å². The number of aromatic nitrogens is 3. The van der Waals surface area contributed by atoms with Crippen LogP contribution in [0.5, 0.6) is 0 Å². The van der Waals surface area contributed by atoms with Crippen molar-refractivity contribution in [2.45, 2.75) is 23.1 Å². The standard InChI is InChI=1S/C27H26N6O8S2/c1-17-7-8-18(22(15-17)42(36,37)38)9-10-19-11-12-21(16-23(19)43(39,40)41)30-27-32-25(28-14-13-24(34)35)31-26(33-27)29-20-5-3-2-4-6-20/h2-12,15-16H,13-14H2,1H3,(H,34,35)(H,36,37,38)(H,39,40,41)(H3,28,29,30,31,32,33). The third-order valence-electron chi connectivity index (χ3n) is 5.72. The van der Waals surface area contributed by atoms with Crippen molar-refractivity contribution >= 4 is 67.6 Å². The summed E-state index contributed by atoms with van der Waals surface area (Å²) in [5.74, 6) is -0.914. The molecule has 6 N–H and O–H groups in total. The smallest absolute Gasteiger partial charge is 0.305 e. The highest BCUT2D eigenvalue weighted by molar-refractivity contribution is 7.86. The highest BCUT2D eigenvalue weighted by Crippen LogP contribution is 2.27. The van der Waals surface area contributed by atoms with Crippen LogP contribution in [-0.4, -0.2) is 58.5 Å². The zero-order chi connectivity index (χ0) is 31.2. The maximum atomic E-state index is 12.3. The maximum absolute atomic E-state index is 12.3. The van der Waals surface area contributed by atoms with Crippen molar-refractivity contribution in [2.24, 2.45) is 0 Å². The lowest BCUT2D eigenvalue weighted by Gasteiger charge is -2.12. The summed E-state index contributed by atoms with van der Waals surface area (Å²) in [5, 5.41) is 17.6. The predicted octanol–water partition coefficient (Wildman–Crippen LogP) is 4.22. The summed E-state index contributed by atoms with van der Waals surface area (Å²) in [6.07, 6.45) is 2.38. The van der Waals surface area contributed by atoms with Gasteiger partial charge in [0.05, 0.1) is 6.42 Å². The molecule has 0 aliphatic rings. The van der Waals surface area contributed by atoms with E-state index in [-0.39, 0.29) is 52.5 Å². The van der Waals surface area contributed by atoms with Crippen molar-refractivity contribution in [3.8, 4) is 0 Å². The van der Waals surface area contributed by atoms with Gasteiger partial charge in [-0.25, -0.2) is 0 Å². The van der Waals surface area contributed by atoms with Crippen molar-refractivity contribution in [2.75, 3.05) is 22.5 Å². The third-order valence-corrected chi connectivity index (χ3v) is 7.54. The van der Waals surface area contributed by atoms with Crippen LogP contribution >= 0.6 is 0 Å². The molecule has 16 heteroatoms. The van der Waals surface area contributed by atoms with Crippen molar-refractivity contribution in [1.29, 1.82) is 0 Å². The molecule has 0 amide bonds. The summed E-state index contributed by atoms with van der Waals surface area (Å²) < 4.78 is 67.7. The van der Waals surface area contributed by atoms with Gasteiger partial charge in [-0.1, -0.05) is 48.6 Å². The first-order valence-electron chi connectivity index (χ1n) is 12.5. The molecule has 14 nitrogen and oxygen atoms in total. The minimum Gasteiger partial charge on any atom is -0.481 e. The summed E-state index contributed by atoms with van der Waals surface area (Å²) in [5.41, 5.74) is 1.52. The number of aryl methyl sites for hydroxylation is 1. The molecule has 0 bridgehead atoms. The lowest BCUT2D eigenvalue weighted by atomic mass is 10.1. The fraction of sp³-hybridized carbons (Fsp3) is 0.111. The van der Waals surface area contributed by atoms with Gasteiger partial charge in [-0.05, 0) is 53.9 Å². The molecule has 0 saturated heterocycles. The van der Waals surface area contributed by atoms with E-state index in [0.29, 0.717) is 11.3 Å². The molecule has 0 unspecified atom stereocenters. The predicted molar refractivity (Wildman–Crippen MR) is 160 cm³/mol. The summed E-state index contributed by atoms with van der Waals surface area (Å²) in [7, 11) is -9.33. The quantitative estimate of drug-likeness (QED) is 0.0958. The van der Waals surface area contributed by atoms with Crippen molar-refractivity contribution in [1.82, 2.24) is 15.0 Å². The number of hydrogen-bond acceptors (Lipinski definition) is 11. The highest BCUT2D eigenvalue weighted by Gasteiger charge is 2.18. The van der Waals surface area contributed by atoms with Gasteiger partial charge in [-0.3, -0.25) is 13.9 Å². The van der Waals surface area contributed by atoms with Crippen LogP contribution in [0.3, 0.4) is 0 Å². The number of aliphatic carboxylic acids is 1.